The lowest BCUT2D eigenvalue weighted by atomic mass is 10.1. The van der Waals surface area contributed by atoms with Gasteiger partial charge in [-0.3, -0.25) is 4.79 Å². The minimum Gasteiger partial charge on any atom is -0.302 e. The number of hydrogen-bond donors (Lipinski definition) is 1. The number of fused-ring (bicyclic) bond motifs is 3. The summed E-state index contributed by atoms with van der Waals surface area (Å²) in [4.78, 5) is 19.6. The van der Waals surface area contributed by atoms with Crippen LogP contribution in [0, 0.1) is 0 Å². The number of thioether (sulfide) groups is 1. The summed E-state index contributed by atoms with van der Waals surface area (Å²) in [5, 5.41) is 3.46. The maximum absolute atomic E-state index is 12.4. The van der Waals surface area contributed by atoms with Crippen molar-refractivity contribution in [1.29, 1.82) is 0 Å². The van der Waals surface area contributed by atoms with E-state index < -0.39 is 9.84 Å². The van der Waals surface area contributed by atoms with E-state index >= 15 is 0 Å². The first-order chi connectivity index (χ1) is 12.9. The zero-order valence-electron chi connectivity index (χ0n) is 14.4. The van der Waals surface area contributed by atoms with Crippen molar-refractivity contribution >= 4 is 44.0 Å². The van der Waals surface area contributed by atoms with E-state index in [2.05, 4.69) is 22.4 Å². The first-order valence-corrected chi connectivity index (χ1v) is 11.9. The molecule has 0 spiro atoms. The number of carbonyl (C=O) groups is 1. The van der Waals surface area contributed by atoms with E-state index in [1.807, 2.05) is 12.1 Å². The van der Waals surface area contributed by atoms with Crippen molar-refractivity contribution < 1.29 is 13.2 Å². The van der Waals surface area contributed by atoms with Gasteiger partial charge in [0.05, 0.1) is 17.0 Å². The summed E-state index contributed by atoms with van der Waals surface area (Å²) in [6, 6.07) is 14.5. The van der Waals surface area contributed by atoms with Gasteiger partial charge >= 0.3 is 0 Å². The summed E-state index contributed by atoms with van der Waals surface area (Å²) in [6.45, 7) is 0. The lowest BCUT2D eigenvalue weighted by molar-refractivity contribution is -0.115. The Hall–Kier alpha value is -2.16. The molecule has 138 valence electrons. The van der Waals surface area contributed by atoms with Gasteiger partial charge in [-0.15, -0.1) is 23.1 Å². The Balaban J connectivity index is 1.48. The number of sulfone groups is 1. The number of amides is 1. The minimum atomic E-state index is -3.23. The summed E-state index contributed by atoms with van der Waals surface area (Å²) >= 11 is 3.28. The predicted octanol–water partition coefficient (Wildman–Crippen LogP) is 4.00. The van der Waals surface area contributed by atoms with E-state index in [9.17, 15) is 13.2 Å². The fourth-order valence-electron chi connectivity index (χ4n) is 2.85. The van der Waals surface area contributed by atoms with Crippen LogP contribution >= 0.6 is 23.1 Å². The number of nitrogens with one attached hydrogen (secondary N) is 1. The SMILES string of the molecule is CS(=O)(=O)c1ccc(CC(=O)Nc2nc3c(s2)CSc2ccccc2-3)cc1. The number of nitrogens with zero attached hydrogens (tertiary/aromatic N) is 1. The quantitative estimate of drug-likeness (QED) is 0.696. The van der Waals surface area contributed by atoms with Crippen LogP contribution in [0.1, 0.15) is 10.4 Å². The monoisotopic (exact) mass is 416 g/mol. The van der Waals surface area contributed by atoms with Crippen molar-refractivity contribution in [3.63, 3.8) is 0 Å². The van der Waals surface area contributed by atoms with Gasteiger partial charge in [-0.25, -0.2) is 13.4 Å². The molecule has 27 heavy (non-hydrogen) atoms. The second-order valence-corrected chi connectivity index (χ2v) is 10.3. The van der Waals surface area contributed by atoms with E-state index in [-0.39, 0.29) is 17.2 Å². The summed E-state index contributed by atoms with van der Waals surface area (Å²) in [6.07, 6.45) is 1.33. The lowest BCUT2D eigenvalue weighted by Gasteiger charge is -2.13. The highest BCUT2D eigenvalue weighted by Crippen LogP contribution is 2.44. The molecule has 0 saturated heterocycles. The Labute approximate surface area is 165 Å². The van der Waals surface area contributed by atoms with E-state index in [0.717, 1.165) is 33.7 Å². The van der Waals surface area contributed by atoms with Gasteiger partial charge in [-0.05, 0) is 23.8 Å². The van der Waals surface area contributed by atoms with Gasteiger partial charge in [-0.1, -0.05) is 30.3 Å². The lowest BCUT2D eigenvalue weighted by Crippen LogP contribution is -2.14. The maximum atomic E-state index is 12.4. The molecule has 5 nitrogen and oxygen atoms in total. The number of anilines is 1. The number of aromatic nitrogens is 1. The molecule has 1 aliphatic rings. The normalized spacial score (nSPS) is 12.9. The third kappa shape index (κ3) is 3.92. The molecule has 1 N–H and O–H groups in total. The van der Waals surface area contributed by atoms with Crippen molar-refractivity contribution in [1.82, 2.24) is 4.98 Å². The van der Waals surface area contributed by atoms with Crippen molar-refractivity contribution in [3.05, 3.63) is 59.0 Å². The molecule has 1 aromatic heterocycles. The molecule has 4 rings (SSSR count). The van der Waals surface area contributed by atoms with Crippen molar-refractivity contribution in [2.45, 2.75) is 22.0 Å². The van der Waals surface area contributed by atoms with E-state index in [4.69, 9.17) is 0 Å². The fraction of sp³-hybridized carbons (Fsp3) is 0.158. The van der Waals surface area contributed by atoms with Crippen LogP contribution in [0.3, 0.4) is 0 Å². The highest BCUT2D eigenvalue weighted by atomic mass is 32.2. The largest absolute Gasteiger partial charge is 0.302 e. The Morgan fingerprint density at radius 3 is 2.63 bits per heavy atom. The van der Waals surface area contributed by atoms with Gasteiger partial charge in [0, 0.05) is 27.3 Å². The smallest absolute Gasteiger partial charge is 0.230 e. The average molecular weight is 417 g/mol. The van der Waals surface area contributed by atoms with Crippen LogP contribution in [0.25, 0.3) is 11.3 Å². The molecule has 0 unspecified atom stereocenters. The second kappa shape index (κ2) is 7.10. The number of hydrogen-bond acceptors (Lipinski definition) is 6. The topological polar surface area (TPSA) is 76.1 Å². The molecular formula is C19H16N2O3S3. The molecule has 0 saturated carbocycles. The molecule has 1 aliphatic heterocycles. The molecule has 0 bridgehead atoms. The van der Waals surface area contributed by atoms with Crippen LogP contribution in [0.15, 0.2) is 58.3 Å². The predicted molar refractivity (Wildman–Crippen MR) is 109 cm³/mol. The van der Waals surface area contributed by atoms with Crippen molar-refractivity contribution in [3.8, 4) is 11.3 Å². The zero-order valence-corrected chi connectivity index (χ0v) is 16.9. The molecule has 0 fully saturated rings. The molecule has 2 heterocycles. The molecule has 8 heteroatoms. The van der Waals surface area contributed by atoms with Gasteiger partial charge in [0.25, 0.3) is 0 Å². The first kappa shape index (κ1) is 18.2. The van der Waals surface area contributed by atoms with Crippen molar-refractivity contribution in [2.24, 2.45) is 0 Å². The maximum Gasteiger partial charge on any atom is 0.230 e. The highest BCUT2D eigenvalue weighted by Gasteiger charge is 2.21. The van der Waals surface area contributed by atoms with E-state index in [0.29, 0.717) is 5.13 Å². The second-order valence-electron chi connectivity index (χ2n) is 6.22. The van der Waals surface area contributed by atoms with E-state index in [1.54, 1.807) is 23.9 Å². The Kier molecular flexibility index (Phi) is 4.79. The van der Waals surface area contributed by atoms with Crippen LogP contribution in [-0.4, -0.2) is 25.6 Å². The number of benzene rings is 2. The Morgan fingerprint density at radius 2 is 1.89 bits per heavy atom. The van der Waals surface area contributed by atoms with Crippen LogP contribution in [0.4, 0.5) is 5.13 Å². The fourth-order valence-corrected chi connectivity index (χ4v) is 5.60. The molecular weight excluding hydrogens is 400 g/mol. The summed E-state index contributed by atoms with van der Waals surface area (Å²) < 4.78 is 23.0. The first-order valence-electron chi connectivity index (χ1n) is 8.21. The number of carbonyl (C=O) groups excluding carboxylic acids is 1. The highest BCUT2D eigenvalue weighted by molar-refractivity contribution is 7.98. The third-order valence-corrected chi connectivity index (χ3v) is 7.54. The standard InChI is InChI=1S/C19H16N2O3S3/c1-27(23,24)13-8-6-12(7-9-13)10-17(22)20-19-21-18-14-4-2-3-5-15(14)25-11-16(18)26-19/h2-9H,10-11H2,1H3,(H,20,21,22). The van der Waals surface area contributed by atoms with Crippen LogP contribution < -0.4 is 5.32 Å². The van der Waals surface area contributed by atoms with E-state index in [1.165, 1.54) is 28.4 Å². The van der Waals surface area contributed by atoms with Crippen LogP contribution in [0.5, 0.6) is 0 Å². The summed E-state index contributed by atoms with van der Waals surface area (Å²) in [7, 11) is -3.23. The Bertz CT molecular complexity index is 1120. The minimum absolute atomic E-state index is 0.166. The van der Waals surface area contributed by atoms with Gasteiger partial charge in [0.1, 0.15) is 0 Å². The average Bonchev–Trinajstić information content (AvgIpc) is 3.04. The zero-order chi connectivity index (χ0) is 19.0. The van der Waals surface area contributed by atoms with Gasteiger partial charge in [0.15, 0.2) is 15.0 Å². The van der Waals surface area contributed by atoms with Crippen molar-refractivity contribution in [2.75, 3.05) is 11.6 Å². The number of rotatable bonds is 4. The molecule has 1 amide bonds. The third-order valence-electron chi connectivity index (χ3n) is 4.16. The summed E-state index contributed by atoms with van der Waals surface area (Å²) in [5.41, 5.74) is 2.81. The van der Waals surface area contributed by atoms with Crippen LogP contribution in [0.2, 0.25) is 0 Å². The molecule has 3 aromatic rings. The van der Waals surface area contributed by atoms with Crippen LogP contribution in [-0.2, 0) is 26.8 Å². The molecule has 0 radical (unpaired) electrons. The summed E-state index contributed by atoms with van der Waals surface area (Å²) in [5.74, 6) is 0.682. The molecule has 0 atom stereocenters. The van der Waals surface area contributed by atoms with Gasteiger partial charge in [-0.2, -0.15) is 0 Å². The molecule has 2 aromatic carbocycles. The Morgan fingerprint density at radius 1 is 1.15 bits per heavy atom. The van der Waals surface area contributed by atoms with Gasteiger partial charge < -0.3 is 5.32 Å². The molecule has 0 aliphatic carbocycles. The van der Waals surface area contributed by atoms with Gasteiger partial charge in [0.2, 0.25) is 5.91 Å². The number of thiazole rings is 1.